The van der Waals surface area contributed by atoms with Gasteiger partial charge in [0.15, 0.2) is 0 Å². The van der Waals surface area contributed by atoms with E-state index in [1.807, 2.05) is 36.4 Å². The fourth-order valence-electron chi connectivity index (χ4n) is 2.80. The number of anilines is 1. The Morgan fingerprint density at radius 3 is 2.50 bits per heavy atom. The summed E-state index contributed by atoms with van der Waals surface area (Å²) in [6, 6.07) is 15.3. The smallest absolute Gasteiger partial charge is 0.282 e. The van der Waals surface area contributed by atoms with Crippen LogP contribution in [0, 0.1) is 0 Å². The zero-order valence-corrected chi connectivity index (χ0v) is 14.5. The Bertz CT molecular complexity index is 917. The van der Waals surface area contributed by atoms with Crippen LogP contribution in [0.1, 0.15) is 35.0 Å². The van der Waals surface area contributed by atoms with Crippen LogP contribution in [0.2, 0.25) is 0 Å². The zero-order chi connectivity index (χ0) is 18.7. The monoisotopic (exact) mass is 355 g/mol. The molecule has 0 aliphatic carbocycles. The third-order valence-corrected chi connectivity index (χ3v) is 4.16. The second kappa shape index (κ2) is 7.47. The van der Waals surface area contributed by atoms with Gasteiger partial charge in [-0.2, -0.15) is 5.10 Å². The van der Waals surface area contributed by atoms with Crippen LogP contribution in [0.3, 0.4) is 0 Å². The summed E-state index contributed by atoms with van der Waals surface area (Å²) in [6.07, 6.45) is -0.570. The standard InChI is InChI=1S/C20H19F2N3O/c1-3-13-8-10-14(11-9-13)15-6-4-5-7-17(15)23-20(26)16-12-25(2)24-18(16)19(21)22/h4-12,19H,3H2,1-2H3,(H,23,26). The van der Waals surface area contributed by atoms with Crippen LogP contribution < -0.4 is 5.32 Å². The summed E-state index contributed by atoms with van der Waals surface area (Å²) in [5, 5.41) is 6.42. The highest BCUT2D eigenvalue weighted by Crippen LogP contribution is 2.29. The maximum Gasteiger partial charge on any atom is 0.282 e. The van der Waals surface area contributed by atoms with Gasteiger partial charge in [0.2, 0.25) is 0 Å². The summed E-state index contributed by atoms with van der Waals surface area (Å²) in [5.74, 6) is -0.606. The van der Waals surface area contributed by atoms with Crippen molar-refractivity contribution in [3.05, 3.63) is 71.5 Å². The number of hydrogen-bond acceptors (Lipinski definition) is 2. The van der Waals surface area contributed by atoms with Gasteiger partial charge in [-0.1, -0.05) is 49.4 Å². The number of para-hydroxylation sites is 1. The van der Waals surface area contributed by atoms with Gasteiger partial charge in [-0.3, -0.25) is 9.48 Å². The van der Waals surface area contributed by atoms with Gasteiger partial charge in [0.1, 0.15) is 5.69 Å². The summed E-state index contributed by atoms with van der Waals surface area (Å²) >= 11 is 0. The Morgan fingerprint density at radius 1 is 1.15 bits per heavy atom. The normalized spacial score (nSPS) is 11.0. The molecule has 6 heteroatoms. The molecule has 0 fully saturated rings. The van der Waals surface area contributed by atoms with E-state index in [0.717, 1.165) is 17.5 Å². The van der Waals surface area contributed by atoms with Gasteiger partial charge in [0.05, 0.1) is 5.56 Å². The quantitative estimate of drug-likeness (QED) is 0.712. The van der Waals surface area contributed by atoms with Crippen molar-refractivity contribution in [1.82, 2.24) is 9.78 Å². The molecule has 0 radical (unpaired) electrons. The first kappa shape index (κ1) is 17.8. The van der Waals surface area contributed by atoms with Crippen molar-refractivity contribution in [3.63, 3.8) is 0 Å². The first-order valence-corrected chi connectivity index (χ1v) is 8.31. The molecule has 0 spiro atoms. The van der Waals surface area contributed by atoms with E-state index >= 15 is 0 Å². The third-order valence-electron chi connectivity index (χ3n) is 4.16. The number of nitrogens with zero attached hydrogens (tertiary/aromatic N) is 2. The molecule has 0 aliphatic rings. The van der Waals surface area contributed by atoms with Gasteiger partial charge in [-0.05, 0) is 23.6 Å². The lowest BCUT2D eigenvalue weighted by molar-refractivity contribution is 0.101. The van der Waals surface area contributed by atoms with Crippen molar-refractivity contribution in [2.75, 3.05) is 5.32 Å². The zero-order valence-electron chi connectivity index (χ0n) is 14.5. The number of carbonyl (C=O) groups excluding carboxylic acids is 1. The van der Waals surface area contributed by atoms with Crippen LogP contribution in [-0.4, -0.2) is 15.7 Å². The van der Waals surface area contributed by atoms with E-state index in [-0.39, 0.29) is 5.56 Å². The van der Waals surface area contributed by atoms with E-state index in [1.165, 1.54) is 23.5 Å². The molecule has 1 N–H and O–H groups in total. The second-order valence-corrected chi connectivity index (χ2v) is 5.95. The molecule has 0 saturated carbocycles. The van der Waals surface area contributed by atoms with Crippen molar-refractivity contribution >= 4 is 11.6 Å². The topological polar surface area (TPSA) is 46.9 Å². The fraction of sp³-hybridized carbons (Fsp3) is 0.200. The van der Waals surface area contributed by atoms with Crippen molar-refractivity contribution in [2.45, 2.75) is 19.8 Å². The summed E-state index contributed by atoms with van der Waals surface area (Å²) in [6.45, 7) is 2.08. The third kappa shape index (κ3) is 3.64. The molecular weight excluding hydrogens is 336 g/mol. The van der Waals surface area contributed by atoms with Gasteiger partial charge in [-0.25, -0.2) is 8.78 Å². The van der Waals surface area contributed by atoms with Gasteiger partial charge in [0, 0.05) is 24.5 Å². The van der Waals surface area contributed by atoms with Crippen molar-refractivity contribution in [1.29, 1.82) is 0 Å². The Morgan fingerprint density at radius 2 is 1.85 bits per heavy atom. The number of nitrogens with one attached hydrogen (secondary N) is 1. The van der Waals surface area contributed by atoms with E-state index in [9.17, 15) is 13.6 Å². The molecule has 1 amide bonds. The van der Waals surface area contributed by atoms with Gasteiger partial charge in [-0.15, -0.1) is 0 Å². The Labute approximate surface area is 150 Å². The van der Waals surface area contributed by atoms with Crippen LogP contribution in [0.5, 0.6) is 0 Å². The van der Waals surface area contributed by atoms with Crippen molar-refractivity contribution < 1.29 is 13.6 Å². The van der Waals surface area contributed by atoms with E-state index < -0.39 is 18.0 Å². The van der Waals surface area contributed by atoms with Crippen molar-refractivity contribution in [3.8, 4) is 11.1 Å². The summed E-state index contributed by atoms with van der Waals surface area (Å²) in [5.41, 5.74) is 2.90. The lowest BCUT2D eigenvalue weighted by Crippen LogP contribution is -2.14. The Kier molecular flexibility index (Phi) is 5.11. The Hall–Kier alpha value is -3.02. The van der Waals surface area contributed by atoms with Gasteiger partial charge in [0.25, 0.3) is 12.3 Å². The number of alkyl halides is 2. The lowest BCUT2D eigenvalue weighted by Gasteiger charge is -2.12. The molecule has 4 nitrogen and oxygen atoms in total. The first-order chi connectivity index (χ1) is 12.5. The van der Waals surface area contributed by atoms with Crippen LogP contribution in [0.25, 0.3) is 11.1 Å². The highest BCUT2D eigenvalue weighted by atomic mass is 19.3. The number of carbonyl (C=O) groups is 1. The number of amides is 1. The van der Waals surface area contributed by atoms with Crippen LogP contribution in [0.15, 0.2) is 54.7 Å². The Balaban J connectivity index is 1.92. The number of aromatic nitrogens is 2. The first-order valence-electron chi connectivity index (χ1n) is 8.31. The maximum absolute atomic E-state index is 13.1. The fourth-order valence-corrected chi connectivity index (χ4v) is 2.80. The molecule has 0 bridgehead atoms. The number of benzene rings is 2. The number of aryl methyl sites for hydroxylation is 2. The second-order valence-electron chi connectivity index (χ2n) is 5.95. The molecule has 1 heterocycles. The molecule has 26 heavy (non-hydrogen) atoms. The maximum atomic E-state index is 13.1. The molecule has 2 aromatic carbocycles. The predicted octanol–water partition coefficient (Wildman–Crippen LogP) is 4.84. The number of rotatable bonds is 5. The molecule has 0 unspecified atom stereocenters. The van der Waals surface area contributed by atoms with E-state index in [1.54, 1.807) is 12.1 Å². The molecule has 134 valence electrons. The summed E-state index contributed by atoms with van der Waals surface area (Å²) in [4.78, 5) is 12.5. The molecule has 3 aromatic rings. The number of hydrogen-bond donors (Lipinski definition) is 1. The highest BCUT2D eigenvalue weighted by molar-refractivity contribution is 6.06. The lowest BCUT2D eigenvalue weighted by atomic mass is 10.0. The SMILES string of the molecule is CCc1ccc(-c2ccccc2NC(=O)c2cn(C)nc2C(F)F)cc1. The van der Waals surface area contributed by atoms with Crippen molar-refractivity contribution in [2.24, 2.45) is 7.05 Å². The van der Waals surface area contributed by atoms with E-state index in [2.05, 4.69) is 17.3 Å². The van der Waals surface area contributed by atoms with E-state index in [0.29, 0.717) is 5.69 Å². The molecule has 0 atom stereocenters. The van der Waals surface area contributed by atoms with Crippen LogP contribution in [0.4, 0.5) is 14.5 Å². The van der Waals surface area contributed by atoms with Crippen LogP contribution in [-0.2, 0) is 13.5 Å². The summed E-state index contributed by atoms with van der Waals surface area (Å²) in [7, 11) is 1.51. The minimum Gasteiger partial charge on any atom is -0.321 e. The molecule has 3 rings (SSSR count). The summed E-state index contributed by atoms with van der Waals surface area (Å²) < 4.78 is 27.4. The van der Waals surface area contributed by atoms with Gasteiger partial charge < -0.3 is 5.32 Å². The minimum atomic E-state index is -2.81. The average molecular weight is 355 g/mol. The molecular formula is C20H19F2N3O. The molecule has 1 aromatic heterocycles. The minimum absolute atomic E-state index is 0.126. The molecule has 0 aliphatic heterocycles. The largest absolute Gasteiger partial charge is 0.321 e. The number of halogens is 2. The van der Waals surface area contributed by atoms with E-state index in [4.69, 9.17) is 0 Å². The van der Waals surface area contributed by atoms with Crippen LogP contribution >= 0.6 is 0 Å². The van der Waals surface area contributed by atoms with Gasteiger partial charge >= 0.3 is 0 Å². The molecule has 0 saturated heterocycles. The highest BCUT2D eigenvalue weighted by Gasteiger charge is 2.23. The predicted molar refractivity (Wildman–Crippen MR) is 97.4 cm³/mol. The average Bonchev–Trinajstić information content (AvgIpc) is 3.05.